The van der Waals surface area contributed by atoms with Gasteiger partial charge in [0.05, 0.1) is 14.2 Å². The van der Waals surface area contributed by atoms with Gasteiger partial charge in [0.1, 0.15) is 5.78 Å². The standard InChI is InChI=1S/C20H29NO3/c1-5-13(2)8-15-12-21-7-6-14-9-19(23-3)20(24-4)10-16(14)17(21)11-18(15)22/h9-10,13,15,17H,5-8,11-12H2,1-4H3/i2D3,5D2,8D2,11D2,12D2,13D,15D. The Labute approximate surface area is 163 Å². The maximum atomic E-state index is 13.8. The van der Waals surface area contributed by atoms with Gasteiger partial charge in [-0.3, -0.25) is 9.69 Å². The smallest absolute Gasteiger partial charge is 0.161 e. The van der Waals surface area contributed by atoms with Crippen molar-refractivity contribution in [2.24, 2.45) is 11.8 Å². The van der Waals surface area contributed by atoms with Crippen molar-refractivity contribution in [1.29, 1.82) is 0 Å². The first-order valence-electron chi connectivity index (χ1n) is 14.1. The van der Waals surface area contributed by atoms with Gasteiger partial charge in [-0.25, -0.2) is 0 Å². The third-order valence-electron chi connectivity index (χ3n) is 4.12. The quantitative estimate of drug-likeness (QED) is 0.818. The molecule has 2 heterocycles. The van der Waals surface area contributed by atoms with Gasteiger partial charge in [-0.1, -0.05) is 20.1 Å². The molecule has 0 amide bonds. The molecule has 4 nitrogen and oxygen atoms in total. The van der Waals surface area contributed by atoms with Crippen LogP contribution in [-0.2, 0) is 11.2 Å². The molecule has 0 saturated carbocycles. The third-order valence-corrected chi connectivity index (χ3v) is 4.12. The number of Topliss-reactive ketones (excluding diaryl/α,β-unsaturated/α-hetero) is 1. The van der Waals surface area contributed by atoms with E-state index < -0.39 is 56.1 Å². The maximum absolute atomic E-state index is 13.8. The number of carbonyl (C=O) groups excluding carboxylic acids is 1. The number of methoxy groups -OCH3 is 2. The van der Waals surface area contributed by atoms with Crippen molar-refractivity contribution in [3.05, 3.63) is 23.3 Å². The fraction of sp³-hybridized carbons (Fsp3) is 0.650. The Morgan fingerprint density at radius 2 is 2.25 bits per heavy atom. The number of hydrogen-bond acceptors (Lipinski definition) is 4. The molecular formula is C20H29NO3. The second kappa shape index (κ2) is 7.14. The molecule has 0 aromatic heterocycles. The highest BCUT2D eigenvalue weighted by Gasteiger charge is 2.38. The Bertz CT molecular complexity index is 1080. The van der Waals surface area contributed by atoms with Crippen LogP contribution in [0.25, 0.3) is 0 Å². The molecule has 0 aliphatic carbocycles. The van der Waals surface area contributed by atoms with Crippen molar-refractivity contribution < 1.29 is 32.1 Å². The predicted molar refractivity (Wildman–Crippen MR) is 94.8 cm³/mol. The van der Waals surface area contributed by atoms with Crippen LogP contribution in [0.15, 0.2) is 12.1 Å². The Kier molecular flexibility index (Phi) is 2.19. The lowest BCUT2D eigenvalue weighted by Gasteiger charge is -2.43. The first kappa shape index (κ1) is 7.36. The second-order valence-electron chi connectivity index (χ2n) is 5.46. The lowest BCUT2D eigenvalue weighted by atomic mass is 9.79. The van der Waals surface area contributed by atoms with Crippen molar-refractivity contribution in [3.8, 4) is 11.5 Å². The van der Waals surface area contributed by atoms with Crippen LogP contribution in [0.5, 0.6) is 11.5 Å². The van der Waals surface area contributed by atoms with Crippen LogP contribution >= 0.6 is 0 Å². The minimum absolute atomic E-state index is 0.0783. The van der Waals surface area contributed by atoms with E-state index in [1.165, 1.54) is 20.3 Å². The van der Waals surface area contributed by atoms with Gasteiger partial charge < -0.3 is 9.47 Å². The highest BCUT2D eigenvalue weighted by atomic mass is 16.5. The fourth-order valence-electron chi connectivity index (χ4n) is 2.88. The summed E-state index contributed by atoms with van der Waals surface area (Å²) in [7, 11) is 2.72. The third kappa shape index (κ3) is 3.16. The van der Waals surface area contributed by atoms with Crippen molar-refractivity contribution in [3.63, 3.8) is 0 Å². The van der Waals surface area contributed by atoms with E-state index in [-0.39, 0.29) is 24.3 Å². The monoisotopic (exact) mass is 344 g/mol. The Hall–Kier alpha value is -1.55. The molecule has 1 aromatic rings. The normalized spacial score (nSPS) is 43.2. The van der Waals surface area contributed by atoms with Gasteiger partial charge in [-0.05, 0) is 41.9 Å². The molecule has 1 aromatic carbocycles. The van der Waals surface area contributed by atoms with E-state index in [9.17, 15) is 4.79 Å². The minimum Gasteiger partial charge on any atom is -0.493 e. The van der Waals surface area contributed by atoms with Gasteiger partial charge in [0.15, 0.2) is 11.5 Å². The van der Waals surface area contributed by atoms with E-state index in [2.05, 4.69) is 0 Å². The molecular weight excluding hydrogens is 302 g/mol. The zero-order valence-electron chi connectivity index (χ0n) is 26.8. The topological polar surface area (TPSA) is 38.8 Å². The number of nitrogens with zero attached hydrogens (tertiary/aromatic N) is 1. The number of ketones is 1. The van der Waals surface area contributed by atoms with E-state index >= 15 is 0 Å². The summed E-state index contributed by atoms with van der Waals surface area (Å²) < 4.78 is 119. The van der Waals surface area contributed by atoms with Crippen molar-refractivity contribution in [2.75, 3.05) is 27.3 Å². The Balaban J connectivity index is 2.33. The van der Waals surface area contributed by atoms with Crippen LogP contribution < -0.4 is 9.47 Å². The Morgan fingerprint density at radius 3 is 2.92 bits per heavy atom. The van der Waals surface area contributed by atoms with Crippen molar-refractivity contribution in [1.82, 2.24) is 4.90 Å². The molecule has 0 N–H and O–H groups in total. The van der Waals surface area contributed by atoms with Gasteiger partial charge in [-0.15, -0.1) is 0 Å². The summed E-state index contributed by atoms with van der Waals surface area (Å²) >= 11 is 0. The molecule has 1 fully saturated rings. The maximum Gasteiger partial charge on any atom is 0.161 e. The van der Waals surface area contributed by atoms with E-state index in [4.69, 9.17) is 27.3 Å². The number of carbonyl (C=O) groups is 1. The number of rotatable bonds is 5. The van der Waals surface area contributed by atoms with Gasteiger partial charge >= 0.3 is 0 Å². The summed E-state index contributed by atoms with van der Waals surface area (Å²) in [6.45, 7) is -6.81. The summed E-state index contributed by atoms with van der Waals surface area (Å²) in [5.74, 6) is -9.13. The van der Waals surface area contributed by atoms with E-state index in [1.807, 2.05) is 0 Å². The first-order chi connectivity index (χ1) is 16.5. The van der Waals surface area contributed by atoms with Crippen LogP contribution in [0.4, 0.5) is 0 Å². The zero-order chi connectivity index (χ0) is 28.8. The van der Waals surface area contributed by atoms with Gasteiger partial charge in [0, 0.05) is 49.2 Å². The molecule has 24 heavy (non-hydrogen) atoms. The molecule has 1 saturated heterocycles. The Morgan fingerprint density at radius 1 is 1.50 bits per heavy atom. The average molecular weight is 345 g/mol. The summed E-state index contributed by atoms with van der Waals surface area (Å²) in [5.41, 5.74) is 0.654. The summed E-state index contributed by atoms with van der Waals surface area (Å²) in [5, 5.41) is 0. The zero-order valence-corrected chi connectivity index (χ0v) is 13.8. The number of hydrogen-bond donors (Lipinski definition) is 0. The molecule has 0 spiro atoms. The van der Waals surface area contributed by atoms with Crippen LogP contribution in [-0.4, -0.2) is 37.9 Å². The predicted octanol–water partition coefficient (Wildman–Crippen LogP) is 3.63. The largest absolute Gasteiger partial charge is 0.493 e. The highest BCUT2D eigenvalue weighted by molar-refractivity contribution is 5.83. The number of piperidine rings is 1. The van der Waals surface area contributed by atoms with Crippen LogP contribution in [0.1, 0.15) is 67.9 Å². The SMILES string of the molecule is [2H]C1([2H])C(=O)C([2H])(C([2H])([2H])C([2H])(C([2H])([2H])[2H])C([2H])([2H])C)C([2H])([2H])N2CCc3cc(OC)c(OC)cc3C21. The molecule has 0 bridgehead atoms. The molecule has 0 radical (unpaired) electrons. The van der Waals surface area contributed by atoms with E-state index in [0.29, 0.717) is 18.2 Å². The van der Waals surface area contributed by atoms with Crippen LogP contribution in [0, 0.1) is 11.8 Å². The number of fused-ring (bicyclic) bond motifs is 3. The van der Waals surface area contributed by atoms with Gasteiger partial charge in [-0.2, -0.15) is 0 Å². The van der Waals surface area contributed by atoms with Crippen molar-refractivity contribution >= 4 is 5.78 Å². The van der Waals surface area contributed by atoms with Crippen LogP contribution in [0.2, 0.25) is 0 Å². The molecule has 3 atom stereocenters. The van der Waals surface area contributed by atoms with E-state index in [1.54, 1.807) is 6.07 Å². The first-order valence-corrected chi connectivity index (χ1v) is 7.56. The molecule has 2 aliphatic rings. The lowest BCUT2D eigenvalue weighted by Crippen LogP contribution is -2.46. The van der Waals surface area contributed by atoms with Crippen molar-refractivity contribution in [2.45, 2.75) is 45.4 Å². The molecule has 3 rings (SSSR count). The molecule has 132 valence electrons. The van der Waals surface area contributed by atoms with E-state index in [0.717, 1.165) is 4.90 Å². The van der Waals surface area contributed by atoms with Gasteiger partial charge in [0.2, 0.25) is 0 Å². The average Bonchev–Trinajstić information content (AvgIpc) is 2.77. The molecule has 3 unspecified atom stereocenters. The molecule has 4 heteroatoms. The summed E-state index contributed by atoms with van der Waals surface area (Å²) in [6.07, 6.45) is -10.3. The summed E-state index contributed by atoms with van der Waals surface area (Å²) in [4.78, 5) is 14.5. The molecule has 2 aliphatic heterocycles. The summed E-state index contributed by atoms with van der Waals surface area (Å²) in [6, 6.07) is 1.28. The van der Waals surface area contributed by atoms with Crippen LogP contribution in [0.3, 0.4) is 0 Å². The van der Waals surface area contributed by atoms with Gasteiger partial charge in [0.25, 0.3) is 0 Å². The highest BCUT2D eigenvalue weighted by Crippen LogP contribution is 2.42. The minimum atomic E-state index is -4.04. The number of benzene rings is 1. The second-order valence-corrected chi connectivity index (χ2v) is 5.46. The fourth-order valence-corrected chi connectivity index (χ4v) is 2.88. The number of ether oxygens (including phenoxy) is 2. The lowest BCUT2D eigenvalue weighted by molar-refractivity contribution is -0.129.